The predicted octanol–water partition coefficient (Wildman–Crippen LogP) is -2.41. The van der Waals surface area contributed by atoms with Crippen LogP contribution < -0.4 is 11.8 Å². The fourth-order valence-corrected chi connectivity index (χ4v) is 0.681. The summed E-state index contributed by atoms with van der Waals surface area (Å²) in [5, 5.41) is 8.41. The van der Waals surface area contributed by atoms with Gasteiger partial charge in [-0.3, -0.25) is 4.79 Å². The van der Waals surface area contributed by atoms with Gasteiger partial charge in [-0.25, -0.2) is 4.79 Å². The van der Waals surface area contributed by atoms with Crippen molar-refractivity contribution < 1.29 is 29.1 Å². The Labute approximate surface area is 79.6 Å². The molecular formula is C6H12N2O6. The number of carbonyl (C=O) groups excluding carboxylic acids is 2. The minimum absolute atomic E-state index is 0.127. The second kappa shape index (κ2) is 7.21. The van der Waals surface area contributed by atoms with Crippen LogP contribution in [0.5, 0.6) is 0 Å². The van der Waals surface area contributed by atoms with E-state index in [1.165, 1.54) is 0 Å². The number of carbonyl (C=O) groups is 2. The van der Waals surface area contributed by atoms with Crippen LogP contribution in [0.3, 0.4) is 0 Å². The minimum Gasteiger partial charge on any atom is -0.394 e. The number of aliphatic hydroxyl groups is 1. The van der Waals surface area contributed by atoms with Crippen molar-refractivity contribution in [2.45, 2.75) is 12.5 Å². The summed E-state index contributed by atoms with van der Waals surface area (Å²) < 4.78 is 4.76. The van der Waals surface area contributed by atoms with Crippen molar-refractivity contribution in [1.29, 1.82) is 0 Å². The van der Waals surface area contributed by atoms with E-state index in [2.05, 4.69) is 21.5 Å². The third kappa shape index (κ3) is 4.72. The molecule has 0 fully saturated rings. The molecule has 0 saturated carbocycles. The first-order valence-electron chi connectivity index (χ1n) is 3.68. The number of hydrogen-bond acceptors (Lipinski definition) is 8. The van der Waals surface area contributed by atoms with E-state index in [0.29, 0.717) is 0 Å². The molecule has 8 heteroatoms. The summed E-state index contributed by atoms with van der Waals surface area (Å²) in [7, 11) is 0. The fourth-order valence-electron chi connectivity index (χ4n) is 0.681. The van der Waals surface area contributed by atoms with E-state index in [1.54, 1.807) is 0 Å². The lowest BCUT2D eigenvalue weighted by Crippen LogP contribution is -2.33. The van der Waals surface area contributed by atoms with E-state index in [4.69, 9.17) is 9.84 Å². The topological polar surface area (TPSA) is 134 Å². The molecule has 0 radical (unpaired) electrons. The van der Waals surface area contributed by atoms with Crippen molar-refractivity contribution in [3.8, 4) is 0 Å². The van der Waals surface area contributed by atoms with Crippen LogP contribution in [0, 0.1) is 0 Å². The quantitative estimate of drug-likeness (QED) is 0.411. The molecule has 1 unspecified atom stereocenters. The van der Waals surface area contributed by atoms with Crippen molar-refractivity contribution in [2.75, 3.05) is 13.2 Å². The van der Waals surface area contributed by atoms with Gasteiger partial charge in [0.2, 0.25) is 0 Å². The maximum absolute atomic E-state index is 10.9. The maximum atomic E-state index is 10.9. The monoisotopic (exact) mass is 208 g/mol. The molecule has 0 aromatic carbocycles. The van der Waals surface area contributed by atoms with E-state index in [1.807, 2.05) is 0 Å². The largest absolute Gasteiger partial charge is 0.394 e. The van der Waals surface area contributed by atoms with E-state index in [-0.39, 0.29) is 13.2 Å². The number of aliphatic hydroxyl groups excluding tert-OH is 1. The Hall–Kier alpha value is -1.22. The van der Waals surface area contributed by atoms with Crippen LogP contribution in [0.4, 0.5) is 0 Å². The van der Waals surface area contributed by atoms with E-state index >= 15 is 0 Å². The molecular weight excluding hydrogens is 196 g/mol. The first-order chi connectivity index (χ1) is 6.65. The molecule has 1 atom stereocenters. The zero-order valence-corrected chi connectivity index (χ0v) is 7.34. The predicted molar refractivity (Wildman–Crippen MR) is 42.0 cm³/mol. The Kier molecular flexibility index (Phi) is 6.58. The molecule has 82 valence electrons. The summed E-state index contributed by atoms with van der Waals surface area (Å²) in [5.41, 5.74) is 0. The van der Waals surface area contributed by atoms with Crippen LogP contribution in [0.25, 0.3) is 0 Å². The van der Waals surface area contributed by atoms with Gasteiger partial charge in [0.1, 0.15) is 0 Å². The highest BCUT2D eigenvalue weighted by molar-refractivity contribution is 5.81. The summed E-state index contributed by atoms with van der Waals surface area (Å²) in [5.74, 6) is 7.35. The smallest absolute Gasteiger partial charge is 0.354 e. The van der Waals surface area contributed by atoms with Crippen LogP contribution in [0.2, 0.25) is 0 Å². The molecule has 0 aliphatic rings. The van der Waals surface area contributed by atoms with E-state index in [0.717, 1.165) is 0 Å². The van der Waals surface area contributed by atoms with Gasteiger partial charge in [0, 0.05) is 0 Å². The van der Waals surface area contributed by atoms with Crippen molar-refractivity contribution >= 4 is 11.9 Å². The lowest BCUT2D eigenvalue weighted by atomic mass is 10.2. The number of rotatable bonds is 6. The normalized spacial score (nSPS) is 11.9. The number of nitrogens with two attached hydrogens (primary N) is 2. The van der Waals surface area contributed by atoms with Gasteiger partial charge < -0.3 is 19.5 Å². The number of ether oxygens (including phenoxy) is 1. The highest BCUT2D eigenvalue weighted by Crippen LogP contribution is 2.01. The summed E-state index contributed by atoms with van der Waals surface area (Å²) in [6, 6.07) is 0. The molecule has 5 N–H and O–H groups in total. The van der Waals surface area contributed by atoms with Crippen molar-refractivity contribution in [2.24, 2.45) is 11.8 Å². The first kappa shape index (κ1) is 12.8. The van der Waals surface area contributed by atoms with E-state index < -0.39 is 24.5 Å². The first-order valence-corrected chi connectivity index (χ1v) is 3.68. The molecule has 8 nitrogen and oxygen atoms in total. The molecule has 0 aliphatic heterocycles. The maximum Gasteiger partial charge on any atom is 0.354 e. The van der Waals surface area contributed by atoms with Crippen LogP contribution in [0.1, 0.15) is 6.42 Å². The Balaban J connectivity index is 4.09. The lowest BCUT2D eigenvalue weighted by molar-refractivity contribution is -0.165. The average molecular weight is 208 g/mol. The molecule has 0 aliphatic carbocycles. The highest BCUT2D eigenvalue weighted by Gasteiger charge is 2.24. The highest BCUT2D eigenvalue weighted by atomic mass is 16.7. The van der Waals surface area contributed by atoms with Gasteiger partial charge in [0.05, 0.1) is 19.6 Å². The summed E-state index contributed by atoms with van der Waals surface area (Å²) >= 11 is 0. The third-order valence-corrected chi connectivity index (χ3v) is 1.27. The molecule has 0 amide bonds. The average Bonchev–Trinajstić information content (AvgIpc) is 2.22. The van der Waals surface area contributed by atoms with Gasteiger partial charge in [0.25, 0.3) is 0 Å². The molecule has 0 spiro atoms. The molecule has 0 heterocycles. The molecule has 0 saturated heterocycles. The second-order valence-corrected chi connectivity index (χ2v) is 2.21. The molecule has 0 rings (SSSR count). The number of hydrogen-bond donors (Lipinski definition) is 3. The van der Waals surface area contributed by atoms with Crippen molar-refractivity contribution in [1.82, 2.24) is 0 Å². The van der Waals surface area contributed by atoms with Crippen molar-refractivity contribution in [3.05, 3.63) is 0 Å². The minimum atomic E-state index is -1.22. The van der Waals surface area contributed by atoms with Crippen LogP contribution in [0.15, 0.2) is 0 Å². The van der Waals surface area contributed by atoms with Gasteiger partial charge in [-0.1, -0.05) is 0 Å². The fraction of sp³-hybridized carbons (Fsp3) is 0.667. The Morgan fingerprint density at radius 3 is 2.36 bits per heavy atom. The Bertz CT molecular complexity index is 197. The Morgan fingerprint density at radius 1 is 1.29 bits per heavy atom. The van der Waals surface area contributed by atoms with Gasteiger partial charge >= 0.3 is 11.9 Å². The Morgan fingerprint density at radius 2 is 1.93 bits per heavy atom. The summed E-state index contributed by atoms with van der Waals surface area (Å²) in [4.78, 5) is 29.2. The molecule has 14 heavy (non-hydrogen) atoms. The van der Waals surface area contributed by atoms with Gasteiger partial charge in [0.15, 0.2) is 6.10 Å². The standard InChI is InChI=1S/C6H12N2O6/c7-13-5(10)3-4(6(11)14-8)12-2-1-9/h4,9H,1-3,7-8H2. The van der Waals surface area contributed by atoms with E-state index in [9.17, 15) is 9.59 Å². The third-order valence-electron chi connectivity index (χ3n) is 1.27. The van der Waals surface area contributed by atoms with Crippen LogP contribution in [-0.4, -0.2) is 36.4 Å². The van der Waals surface area contributed by atoms with Crippen molar-refractivity contribution in [3.63, 3.8) is 0 Å². The molecule has 0 bridgehead atoms. The zero-order valence-electron chi connectivity index (χ0n) is 7.34. The van der Waals surface area contributed by atoms with Gasteiger partial charge in [-0.05, 0) is 0 Å². The molecule has 0 aromatic rings. The SMILES string of the molecule is NOC(=O)CC(OCCO)C(=O)ON. The van der Waals surface area contributed by atoms with Gasteiger partial charge in [-0.15, -0.1) is 0 Å². The second-order valence-electron chi connectivity index (χ2n) is 2.21. The summed E-state index contributed by atoms with van der Waals surface area (Å²) in [6.45, 7) is -0.427. The zero-order chi connectivity index (χ0) is 11.0. The molecule has 0 aromatic heterocycles. The summed E-state index contributed by atoms with van der Waals surface area (Å²) in [6.07, 6.45) is -1.64. The van der Waals surface area contributed by atoms with Crippen LogP contribution in [-0.2, 0) is 24.0 Å². The van der Waals surface area contributed by atoms with Gasteiger partial charge in [-0.2, -0.15) is 11.8 Å². The van der Waals surface area contributed by atoms with Crippen LogP contribution >= 0.6 is 0 Å². The lowest BCUT2D eigenvalue weighted by Gasteiger charge is -2.12.